The van der Waals surface area contributed by atoms with Gasteiger partial charge in [-0.2, -0.15) is 0 Å². The van der Waals surface area contributed by atoms with Gasteiger partial charge in [0, 0.05) is 26.5 Å². The van der Waals surface area contributed by atoms with E-state index in [1.165, 1.54) is 28.9 Å². The number of carbonyl (C=O) groups excluding carboxylic acids is 4. The molecule has 1 aromatic carbocycles. The number of carbonyl (C=O) groups is 4. The summed E-state index contributed by atoms with van der Waals surface area (Å²) >= 11 is 3.05. The second-order valence-electron chi connectivity index (χ2n) is 8.26. The molecule has 0 radical (unpaired) electrons. The molecule has 2 N–H and O–H groups in total. The van der Waals surface area contributed by atoms with E-state index in [2.05, 4.69) is 10.3 Å². The number of methoxy groups -OCH3 is 1. The summed E-state index contributed by atoms with van der Waals surface area (Å²) in [5.74, 6) is -3.10. The van der Waals surface area contributed by atoms with Crippen molar-refractivity contribution in [2.75, 3.05) is 7.11 Å². The first-order valence-electron chi connectivity index (χ1n) is 11.3. The fourth-order valence-corrected chi connectivity index (χ4v) is 6.27. The quantitative estimate of drug-likeness (QED) is 0.213. The monoisotopic (exact) mass is 712 g/mol. The van der Waals surface area contributed by atoms with Gasteiger partial charge >= 0.3 is 23.9 Å². The average molecular weight is 712 g/mol. The van der Waals surface area contributed by atoms with Crippen LogP contribution in [0.4, 0.5) is 0 Å². The first-order valence-corrected chi connectivity index (χ1v) is 15.0. The SMILES string of the molecule is COC(=O)[C@H]1O[C@@H](SCc2nnn(-c3ccc(S(N)(=O)=O)cc3)c2I)[C@H](OC(C)=O)[C@@H](OC(C)=O)[C@@H]1OC(C)=O. The minimum Gasteiger partial charge on any atom is -0.467 e. The molecule has 218 valence electrons. The standard InChI is InChI=1S/C22H25IN4O11S2/c1-10(28)35-16-17(36-11(2)29)19(37-12(3)30)22(38-18(16)21(31)34-4)39-9-15-20(23)27(26-25-15)13-5-7-14(8-6-13)40(24,32)33/h5-8,16-19,22H,9H2,1-4H3,(H2,24,32,33)/t16-,17-,18-,19+,22-/m0/s1. The van der Waals surface area contributed by atoms with Crippen molar-refractivity contribution in [2.24, 2.45) is 5.14 Å². The number of sulfonamides is 1. The molecule has 0 saturated carbocycles. The van der Waals surface area contributed by atoms with E-state index in [1.807, 2.05) is 22.6 Å². The first kappa shape index (κ1) is 31.7. The number of hydrogen-bond acceptors (Lipinski definition) is 14. The molecule has 3 rings (SSSR count). The second-order valence-corrected chi connectivity index (χ2v) is 11.9. The summed E-state index contributed by atoms with van der Waals surface area (Å²) in [6, 6.07) is 5.68. The van der Waals surface area contributed by atoms with E-state index in [0.717, 1.165) is 39.6 Å². The molecule has 0 amide bonds. The van der Waals surface area contributed by atoms with Gasteiger partial charge in [-0.05, 0) is 46.9 Å². The predicted molar refractivity (Wildman–Crippen MR) is 144 cm³/mol. The van der Waals surface area contributed by atoms with Crippen molar-refractivity contribution in [3.8, 4) is 5.69 Å². The van der Waals surface area contributed by atoms with Crippen molar-refractivity contribution in [3.63, 3.8) is 0 Å². The molecule has 2 aromatic rings. The number of hydrogen-bond donors (Lipinski definition) is 1. The molecule has 2 heterocycles. The Morgan fingerprint density at radius 2 is 1.55 bits per heavy atom. The van der Waals surface area contributed by atoms with Crippen LogP contribution in [0.2, 0.25) is 0 Å². The number of primary sulfonamides is 1. The lowest BCUT2D eigenvalue weighted by molar-refractivity contribution is -0.235. The van der Waals surface area contributed by atoms with Gasteiger partial charge in [0.25, 0.3) is 0 Å². The molecule has 1 saturated heterocycles. The lowest BCUT2D eigenvalue weighted by Crippen LogP contribution is -2.62. The normalized spacial score (nSPS) is 22.7. The fraction of sp³-hybridized carbons (Fsp3) is 0.455. The Kier molecular flexibility index (Phi) is 10.5. The molecule has 0 bridgehead atoms. The van der Waals surface area contributed by atoms with Gasteiger partial charge in [-0.1, -0.05) is 5.21 Å². The van der Waals surface area contributed by atoms with Gasteiger partial charge in [-0.3, -0.25) is 14.4 Å². The van der Waals surface area contributed by atoms with Crippen LogP contribution in [0.1, 0.15) is 26.5 Å². The van der Waals surface area contributed by atoms with Gasteiger partial charge in [0.15, 0.2) is 24.4 Å². The maximum atomic E-state index is 12.6. The fourth-order valence-electron chi connectivity index (χ4n) is 3.71. The molecule has 0 aliphatic carbocycles. The highest BCUT2D eigenvalue weighted by Crippen LogP contribution is 2.36. The predicted octanol–water partition coefficient (Wildman–Crippen LogP) is 0.446. The van der Waals surface area contributed by atoms with Crippen LogP contribution >= 0.6 is 34.4 Å². The van der Waals surface area contributed by atoms with Crippen LogP contribution in [0.3, 0.4) is 0 Å². The molecule has 0 unspecified atom stereocenters. The third kappa shape index (κ3) is 7.68. The number of nitrogens with zero attached hydrogens (tertiary/aromatic N) is 3. The molecule has 1 aromatic heterocycles. The van der Waals surface area contributed by atoms with Crippen molar-refractivity contribution in [2.45, 2.75) is 61.3 Å². The van der Waals surface area contributed by atoms with Gasteiger partial charge in [-0.25, -0.2) is 23.0 Å². The number of rotatable bonds is 9. The molecule has 18 heteroatoms. The number of nitrogens with two attached hydrogens (primary N) is 1. The molecular weight excluding hydrogens is 687 g/mol. The van der Waals surface area contributed by atoms with E-state index in [0.29, 0.717) is 15.1 Å². The number of aromatic nitrogens is 3. The highest BCUT2D eigenvalue weighted by Gasteiger charge is 2.54. The molecule has 40 heavy (non-hydrogen) atoms. The van der Waals surface area contributed by atoms with Crippen LogP contribution < -0.4 is 5.14 Å². The first-order chi connectivity index (χ1) is 18.7. The molecular formula is C22H25IN4O11S2. The van der Waals surface area contributed by atoms with Crippen molar-refractivity contribution >= 4 is 68.3 Å². The maximum Gasteiger partial charge on any atom is 0.339 e. The minimum absolute atomic E-state index is 0.0670. The van der Waals surface area contributed by atoms with Crippen LogP contribution in [0.25, 0.3) is 5.69 Å². The number of ether oxygens (including phenoxy) is 5. The Morgan fingerprint density at radius 3 is 2.08 bits per heavy atom. The number of thioether (sulfide) groups is 1. The second kappa shape index (κ2) is 13.2. The Hall–Kier alpha value is -2.81. The molecule has 0 spiro atoms. The number of benzene rings is 1. The number of esters is 4. The van der Waals surface area contributed by atoms with E-state index in [1.54, 1.807) is 0 Å². The van der Waals surface area contributed by atoms with E-state index >= 15 is 0 Å². The minimum atomic E-state index is -3.87. The summed E-state index contributed by atoms with van der Waals surface area (Å²) < 4.78 is 51.8. The Balaban J connectivity index is 1.91. The van der Waals surface area contributed by atoms with Crippen molar-refractivity contribution < 1.29 is 51.3 Å². The summed E-state index contributed by atoms with van der Waals surface area (Å²) in [7, 11) is -2.76. The van der Waals surface area contributed by atoms with E-state index in [4.69, 9.17) is 28.8 Å². The van der Waals surface area contributed by atoms with Crippen molar-refractivity contribution in [3.05, 3.63) is 33.7 Å². The van der Waals surface area contributed by atoms with E-state index in [-0.39, 0.29) is 10.6 Å². The highest BCUT2D eigenvalue weighted by molar-refractivity contribution is 14.1. The van der Waals surface area contributed by atoms with Crippen LogP contribution in [0.5, 0.6) is 0 Å². The lowest BCUT2D eigenvalue weighted by Gasteiger charge is -2.43. The lowest BCUT2D eigenvalue weighted by atomic mass is 9.99. The summed E-state index contributed by atoms with van der Waals surface area (Å²) in [4.78, 5) is 48.2. The summed E-state index contributed by atoms with van der Waals surface area (Å²) in [6.45, 7) is 3.33. The zero-order valence-corrected chi connectivity index (χ0v) is 25.3. The third-order valence-corrected chi connectivity index (χ3v) is 8.46. The van der Waals surface area contributed by atoms with Crippen LogP contribution in [-0.4, -0.2) is 84.3 Å². The van der Waals surface area contributed by atoms with Crippen LogP contribution in [0, 0.1) is 3.70 Å². The van der Waals surface area contributed by atoms with Gasteiger partial charge in [0.1, 0.15) is 14.8 Å². The Morgan fingerprint density at radius 1 is 1.00 bits per heavy atom. The van der Waals surface area contributed by atoms with Crippen molar-refractivity contribution in [1.82, 2.24) is 15.0 Å². The molecule has 5 atom stereocenters. The average Bonchev–Trinajstić information content (AvgIpc) is 3.23. The molecule has 1 aliphatic rings. The smallest absolute Gasteiger partial charge is 0.339 e. The van der Waals surface area contributed by atoms with E-state index in [9.17, 15) is 27.6 Å². The van der Waals surface area contributed by atoms with Crippen molar-refractivity contribution in [1.29, 1.82) is 0 Å². The zero-order valence-electron chi connectivity index (χ0n) is 21.5. The topological polar surface area (TPSA) is 205 Å². The van der Waals surface area contributed by atoms with E-state index < -0.39 is 63.8 Å². The zero-order chi connectivity index (χ0) is 29.8. The van der Waals surface area contributed by atoms with Gasteiger partial charge < -0.3 is 23.7 Å². The Bertz CT molecular complexity index is 1380. The van der Waals surface area contributed by atoms with Gasteiger partial charge in [-0.15, -0.1) is 16.9 Å². The summed E-state index contributed by atoms with van der Waals surface area (Å²) in [6.07, 6.45) is -5.64. The number of halogens is 1. The Labute approximate surface area is 246 Å². The maximum absolute atomic E-state index is 12.6. The summed E-state index contributed by atoms with van der Waals surface area (Å²) in [5.41, 5.74) is -0.122. The molecule has 15 nitrogen and oxygen atoms in total. The van der Waals surface area contributed by atoms with Crippen LogP contribution in [-0.2, 0) is 58.6 Å². The van der Waals surface area contributed by atoms with Gasteiger partial charge in [0.2, 0.25) is 10.0 Å². The summed E-state index contributed by atoms with van der Waals surface area (Å²) in [5, 5.41) is 13.4. The van der Waals surface area contributed by atoms with Gasteiger partial charge in [0.05, 0.1) is 17.7 Å². The highest BCUT2D eigenvalue weighted by atomic mass is 127. The molecule has 1 aliphatic heterocycles. The largest absolute Gasteiger partial charge is 0.467 e. The van der Waals surface area contributed by atoms with Crippen LogP contribution in [0.15, 0.2) is 29.2 Å². The molecule has 1 fully saturated rings. The third-order valence-electron chi connectivity index (χ3n) is 5.31.